The first kappa shape index (κ1) is 25.9. The lowest BCUT2D eigenvalue weighted by atomic mass is 9.94. The minimum absolute atomic E-state index is 0.0366. The van der Waals surface area contributed by atoms with Gasteiger partial charge in [-0.05, 0) is 86.5 Å². The summed E-state index contributed by atoms with van der Waals surface area (Å²) in [4.78, 5) is 18.4. The minimum Gasteiger partial charge on any atom is -0.383 e. The number of hydrogen-bond acceptors (Lipinski definition) is 5. The molecule has 3 aromatic rings. The average Bonchev–Trinajstić information content (AvgIpc) is 3.34. The van der Waals surface area contributed by atoms with E-state index in [1.807, 2.05) is 6.07 Å². The molecule has 1 saturated heterocycles. The molecule has 0 radical (unpaired) electrons. The topological polar surface area (TPSA) is 109 Å². The molecule has 2 heterocycles. The number of aryl methyl sites for hydroxylation is 2. The lowest BCUT2D eigenvalue weighted by Gasteiger charge is -2.26. The first-order chi connectivity index (χ1) is 18.1. The Labute approximate surface area is 219 Å². The van der Waals surface area contributed by atoms with Crippen LogP contribution in [-0.4, -0.2) is 40.6 Å². The number of hydrogen-bond donors (Lipinski definition) is 3. The van der Waals surface area contributed by atoms with Crippen molar-refractivity contribution in [3.05, 3.63) is 82.0 Å². The third-order valence-electron chi connectivity index (χ3n) is 7.76. The zero-order valence-corrected chi connectivity index (χ0v) is 20.9. The molecule has 0 saturated carbocycles. The molecule has 1 fully saturated rings. The van der Waals surface area contributed by atoms with E-state index in [-0.39, 0.29) is 22.7 Å². The molecular formula is C29H30F3N5O. The van der Waals surface area contributed by atoms with Crippen LogP contribution in [-0.2, 0) is 19.0 Å². The van der Waals surface area contributed by atoms with Gasteiger partial charge >= 0.3 is 6.18 Å². The summed E-state index contributed by atoms with van der Waals surface area (Å²) in [7, 11) is 0. The van der Waals surface area contributed by atoms with Gasteiger partial charge in [0.1, 0.15) is 5.82 Å². The standard InChI is InChI=1S/C29H30F3N5O/c30-29(31,32)25-15-20(7-10-23(25)28(35)38)26(33)24-14-21(16-36-27(24)34)19-4-3-17-5-8-22(9-6-18(17)13-19)37-11-1-2-12-37/h3-4,7,10,13-16,22,33H,1-2,5-6,8-9,11-12H2,(H2,34,36)(H2,35,38). The van der Waals surface area contributed by atoms with E-state index >= 15 is 0 Å². The molecule has 1 aromatic heterocycles. The van der Waals surface area contributed by atoms with E-state index in [9.17, 15) is 18.0 Å². The van der Waals surface area contributed by atoms with Crippen molar-refractivity contribution in [2.75, 3.05) is 18.8 Å². The van der Waals surface area contributed by atoms with Crippen molar-refractivity contribution in [2.24, 2.45) is 5.73 Å². The number of nitrogens with zero attached hydrogens (tertiary/aromatic N) is 2. The number of aromatic nitrogens is 1. The molecule has 0 spiro atoms. The summed E-state index contributed by atoms with van der Waals surface area (Å²) in [6.45, 7) is 2.38. The second-order valence-electron chi connectivity index (χ2n) is 10.1. The SMILES string of the molecule is N=C(c1ccc(C(N)=O)c(C(F)(F)F)c1)c1cc(-c2ccc3c(c2)CCC(N2CCCC2)CC3)cnc1N. The maximum atomic E-state index is 13.6. The predicted octanol–water partition coefficient (Wildman–Crippen LogP) is 5.21. The van der Waals surface area contributed by atoms with E-state index in [1.165, 1.54) is 43.1 Å². The number of alkyl halides is 3. The highest BCUT2D eigenvalue weighted by molar-refractivity contribution is 6.14. The fraction of sp³-hybridized carbons (Fsp3) is 0.345. The summed E-state index contributed by atoms with van der Waals surface area (Å²) < 4.78 is 40.7. The number of nitrogens with two attached hydrogens (primary N) is 2. The average molecular weight is 522 g/mol. The van der Waals surface area contributed by atoms with Crippen molar-refractivity contribution in [2.45, 2.75) is 50.7 Å². The quantitative estimate of drug-likeness (QED) is 0.316. The Kier molecular flexibility index (Phi) is 6.96. The van der Waals surface area contributed by atoms with Gasteiger partial charge in [0.2, 0.25) is 5.91 Å². The molecule has 2 aliphatic rings. The Morgan fingerprint density at radius 3 is 2.34 bits per heavy atom. The van der Waals surface area contributed by atoms with E-state index in [0.29, 0.717) is 6.04 Å². The number of rotatable bonds is 5. The van der Waals surface area contributed by atoms with Crippen LogP contribution in [0.4, 0.5) is 19.0 Å². The number of fused-ring (bicyclic) bond motifs is 1. The molecule has 2 aromatic carbocycles. The lowest BCUT2D eigenvalue weighted by Crippen LogP contribution is -2.32. The monoisotopic (exact) mass is 521 g/mol. The van der Waals surface area contributed by atoms with Gasteiger partial charge in [-0.3, -0.25) is 10.2 Å². The number of nitrogen functional groups attached to an aromatic ring is 1. The van der Waals surface area contributed by atoms with Gasteiger partial charge in [0, 0.05) is 28.9 Å². The second kappa shape index (κ2) is 10.2. The van der Waals surface area contributed by atoms with Crippen LogP contribution in [0.1, 0.15) is 63.9 Å². The van der Waals surface area contributed by atoms with Gasteiger partial charge in [-0.2, -0.15) is 13.2 Å². The molecule has 5 N–H and O–H groups in total. The normalized spacial score (nSPS) is 18.1. The van der Waals surface area contributed by atoms with Crippen LogP contribution in [0.15, 0.2) is 48.7 Å². The maximum absolute atomic E-state index is 13.6. The summed E-state index contributed by atoms with van der Waals surface area (Å²) in [5.74, 6) is -1.15. The van der Waals surface area contributed by atoms with Crippen LogP contribution >= 0.6 is 0 Å². The zero-order valence-electron chi connectivity index (χ0n) is 20.9. The number of likely N-dealkylation sites (tertiary alicyclic amines) is 1. The molecule has 1 aliphatic carbocycles. The van der Waals surface area contributed by atoms with E-state index in [4.69, 9.17) is 16.9 Å². The number of halogens is 3. The smallest absolute Gasteiger partial charge is 0.383 e. The third-order valence-corrected chi connectivity index (χ3v) is 7.76. The van der Waals surface area contributed by atoms with Crippen molar-refractivity contribution >= 4 is 17.4 Å². The fourth-order valence-electron chi connectivity index (χ4n) is 5.68. The molecule has 5 rings (SSSR count). The first-order valence-electron chi connectivity index (χ1n) is 12.8. The summed E-state index contributed by atoms with van der Waals surface area (Å²) >= 11 is 0. The van der Waals surface area contributed by atoms with Crippen molar-refractivity contribution in [3.8, 4) is 11.1 Å². The third kappa shape index (κ3) is 5.15. The van der Waals surface area contributed by atoms with Gasteiger partial charge in [0.05, 0.1) is 16.8 Å². The number of carbonyl (C=O) groups excluding carboxylic acids is 1. The number of benzene rings is 2. The Morgan fingerprint density at radius 1 is 0.947 bits per heavy atom. The van der Waals surface area contributed by atoms with Gasteiger partial charge in [0.25, 0.3) is 0 Å². The fourth-order valence-corrected chi connectivity index (χ4v) is 5.68. The van der Waals surface area contributed by atoms with Gasteiger partial charge in [-0.25, -0.2) is 4.98 Å². The van der Waals surface area contributed by atoms with Crippen molar-refractivity contribution < 1.29 is 18.0 Å². The van der Waals surface area contributed by atoms with Crippen LogP contribution in [0.5, 0.6) is 0 Å². The molecule has 6 nitrogen and oxygen atoms in total. The number of carbonyl (C=O) groups is 1. The second-order valence-corrected chi connectivity index (χ2v) is 10.1. The Bertz CT molecular complexity index is 1400. The van der Waals surface area contributed by atoms with Gasteiger partial charge in [0.15, 0.2) is 0 Å². The number of nitrogens with one attached hydrogen (secondary N) is 1. The summed E-state index contributed by atoms with van der Waals surface area (Å²) in [6.07, 6.45) is 3.68. The van der Waals surface area contributed by atoms with Crippen LogP contribution in [0.25, 0.3) is 11.1 Å². The Hall–Kier alpha value is -3.72. The molecule has 1 unspecified atom stereocenters. The summed E-state index contributed by atoms with van der Waals surface area (Å²) in [6, 6.07) is 11.6. The number of primary amides is 1. The Balaban J connectivity index is 1.44. The molecule has 38 heavy (non-hydrogen) atoms. The van der Waals surface area contributed by atoms with Crippen LogP contribution in [0, 0.1) is 5.41 Å². The van der Waals surface area contributed by atoms with E-state index in [2.05, 4.69) is 22.0 Å². The number of anilines is 1. The predicted molar refractivity (Wildman–Crippen MR) is 141 cm³/mol. The molecule has 1 amide bonds. The summed E-state index contributed by atoms with van der Waals surface area (Å²) in [5, 5.41) is 8.63. The zero-order chi connectivity index (χ0) is 27.0. The summed E-state index contributed by atoms with van der Waals surface area (Å²) in [5.41, 5.74) is 13.6. The van der Waals surface area contributed by atoms with E-state index in [1.54, 1.807) is 12.3 Å². The minimum atomic E-state index is -4.80. The van der Waals surface area contributed by atoms with Crippen molar-refractivity contribution in [1.29, 1.82) is 5.41 Å². The number of pyridine rings is 1. The van der Waals surface area contributed by atoms with Gasteiger partial charge in [-0.1, -0.05) is 24.3 Å². The maximum Gasteiger partial charge on any atom is 0.417 e. The van der Waals surface area contributed by atoms with Gasteiger partial charge in [-0.15, -0.1) is 0 Å². The molecule has 198 valence electrons. The van der Waals surface area contributed by atoms with E-state index < -0.39 is 23.2 Å². The largest absolute Gasteiger partial charge is 0.417 e. The molecule has 1 atom stereocenters. The molecular weight excluding hydrogens is 491 g/mol. The highest BCUT2D eigenvalue weighted by Crippen LogP contribution is 2.34. The number of amides is 1. The molecule has 0 bridgehead atoms. The highest BCUT2D eigenvalue weighted by Gasteiger charge is 2.35. The van der Waals surface area contributed by atoms with Gasteiger partial charge < -0.3 is 16.4 Å². The van der Waals surface area contributed by atoms with Crippen LogP contribution < -0.4 is 11.5 Å². The van der Waals surface area contributed by atoms with Crippen LogP contribution in [0.2, 0.25) is 0 Å². The molecule has 9 heteroatoms. The van der Waals surface area contributed by atoms with Crippen molar-refractivity contribution in [1.82, 2.24) is 9.88 Å². The van der Waals surface area contributed by atoms with Crippen LogP contribution in [0.3, 0.4) is 0 Å². The van der Waals surface area contributed by atoms with E-state index in [0.717, 1.165) is 48.9 Å². The Morgan fingerprint density at radius 2 is 1.66 bits per heavy atom. The highest BCUT2D eigenvalue weighted by atomic mass is 19.4. The first-order valence-corrected chi connectivity index (χ1v) is 12.8. The molecule has 1 aliphatic heterocycles. The van der Waals surface area contributed by atoms with Crippen molar-refractivity contribution in [3.63, 3.8) is 0 Å². The lowest BCUT2D eigenvalue weighted by molar-refractivity contribution is -0.137.